The number of ether oxygens (including phenoxy) is 1. The Hall–Kier alpha value is -0.860. The van der Waals surface area contributed by atoms with Crippen molar-refractivity contribution in [3.8, 4) is 0 Å². The molecule has 0 aromatic heterocycles. The third kappa shape index (κ3) is 2.85. The molecule has 0 radical (unpaired) electrons. The Bertz CT molecular complexity index is 392. The van der Waals surface area contributed by atoms with Crippen LogP contribution in [-0.2, 0) is 4.74 Å². The summed E-state index contributed by atoms with van der Waals surface area (Å²) in [5, 5.41) is 3.59. The zero-order valence-electron chi connectivity index (χ0n) is 12.6. The maximum Gasteiger partial charge on any atom is 0.0800 e. The van der Waals surface area contributed by atoms with Crippen LogP contribution in [0, 0.1) is 5.41 Å². The average Bonchev–Trinajstić information content (AvgIpc) is 2.46. The molecule has 1 fully saturated rings. The highest BCUT2D eigenvalue weighted by Gasteiger charge is 2.51. The van der Waals surface area contributed by atoms with E-state index in [9.17, 15) is 0 Å². The van der Waals surface area contributed by atoms with E-state index in [2.05, 4.69) is 63.3 Å². The molecule has 1 aliphatic carbocycles. The van der Waals surface area contributed by atoms with E-state index in [0.717, 1.165) is 19.4 Å². The van der Waals surface area contributed by atoms with Crippen molar-refractivity contribution in [3.63, 3.8) is 0 Å². The van der Waals surface area contributed by atoms with E-state index < -0.39 is 0 Å². The smallest absolute Gasteiger partial charge is 0.0800 e. The zero-order chi connectivity index (χ0) is 13.9. The quantitative estimate of drug-likeness (QED) is 0.837. The van der Waals surface area contributed by atoms with Crippen molar-refractivity contribution in [2.45, 2.75) is 58.8 Å². The van der Waals surface area contributed by atoms with Gasteiger partial charge in [0.15, 0.2) is 0 Å². The van der Waals surface area contributed by atoms with Gasteiger partial charge in [0.25, 0.3) is 0 Å². The second kappa shape index (κ2) is 6.06. The van der Waals surface area contributed by atoms with Gasteiger partial charge in [0, 0.05) is 11.5 Å². The van der Waals surface area contributed by atoms with Crippen LogP contribution < -0.4 is 5.32 Å². The van der Waals surface area contributed by atoms with Gasteiger partial charge in [-0.1, -0.05) is 51.1 Å². The second-order valence-corrected chi connectivity index (χ2v) is 5.88. The van der Waals surface area contributed by atoms with Crippen molar-refractivity contribution in [2.75, 3.05) is 6.54 Å². The number of rotatable bonds is 6. The average molecular weight is 261 g/mol. The minimum atomic E-state index is 0.180. The number of nitrogens with one attached hydrogen (secondary N) is 1. The fourth-order valence-electron chi connectivity index (χ4n) is 3.11. The Labute approximate surface area is 117 Å². The molecule has 1 aromatic rings. The summed E-state index contributed by atoms with van der Waals surface area (Å²) in [6.45, 7) is 10.0. The van der Waals surface area contributed by atoms with Crippen LogP contribution >= 0.6 is 0 Å². The van der Waals surface area contributed by atoms with Gasteiger partial charge < -0.3 is 10.1 Å². The Balaban J connectivity index is 1.97. The first kappa shape index (κ1) is 14.5. The molecule has 2 heteroatoms. The van der Waals surface area contributed by atoms with Gasteiger partial charge in [0.1, 0.15) is 0 Å². The molecule has 19 heavy (non-hydrogen) atoms. The molecule has 106 valence electrons. The van der Waals surface area contributed by atoms with E-state index in [1.807, 2.05) is 0 Å². The van der Waals surface area contributed by atoms with E-state index >= 15 is 0 Å². The number of benzene rings is 1. The molecular formula is C17H27NO. The lowest BCUT2D eigenvalue weighted by Crippen LogP contribution is -2.62. The normalized spacial score (nSPS) is 31.8. The molecule has 1 N–H and O–H groups in total. The highest BCUT2D eigenvalue weighted by atomic mass is 16.5. The van der Waals surface area contributed by atoms with Crippen LogP contribution in [0.25, 0.3) is 0 Å². The summed E-state index contributed by atoms with van der Waals surface area (Å²) in [5.74, 6) is 0. The topological polar surface area (TPSA) is 21.3 Å². The van der Waals surface area contributed by atoms with Crippen molar-refractivity contribution in [1.82, 2.24) is 5.32 Å². The second-order valence-electron chi connectivity index (χ2n) is 5.88. The summed E-state index contributed by atoms with van der Waals surface area (Å²) in [7, 11) is 0. The maximum atomic E-state index is 6.32. The third-order valence-corrected chi connectivity index (χ3v) is 4.83. The monoisotopic (exact) mass is 261 g/mol. The van der Waals surface area contributed by atoms with Crippen LogP contribution in [0.15, 0.2) is 30.3 Å². The van der Waals surface area contributed by atoms with E-state index in [1.54, 1.807) is 0 Å². The molecular weight excluding hydrogens is 234 g/mol. The van der Waals surface area contributed by atoms with Crippen molar-refractivity contribution in [3.05, 3.63) is 35.9 Å². The van der Waals surface area contributed by atoms with Gasteiger partial charge in [0.05, 0.1) is 12.2 Å². The minimum Gasteiger partial charge on any atom is -0.370 e. The molecule has 0 amide bonds. The third-order valence-electron chi connectivity index (χ3n) is 4.83. The molecule has 0 bridgehead atoms. The summed E-state index contributed by atoms with van der Waals surface area (Å²) in [6.07, 6.45) is 2.85. The van der Waals surface area contributed by atoms with Gasteiger partial charge in [0.2, 0.25) is 0 Å². The van der Waals surface area contributed by atoms with Gasteiger partial charge in [-0.3, -0.25) is 0 Å². The van der Waals surface area contributed by atoms with Crippen molar-refractivity contribution >= 4 is 0 Å². The molecule has 0 spiro atoms. The van der Waals surface area contributed by atoms with Crippen LogP contribution in [0.5, 0.6) is 0 Å². The van der Waals surface area contributed by atoms with Gasteiger partial charge in [-0.05, 0) is 31.9 Å². The highest BCUT2D eigenvalue weighted by molar-refractivity contribution is 5.17. The number of hydrogen-bond donors (Lipinski definition) is 1. The molecule has 4 atom stereocenters. The summed E-state index contributed by atoms with van der Waals surface area (Å²) in [5.41, 5.74) is 1.55. The fourth-order valence-corrected chi connectivity index (χ4v) is 3.11. The standard InChI is InChI=1S/C17H27NO/c1-5-17(4)15(18-6-2)12-16(17)19-13(3)14-10-8-7-9-11-14/h7-11,13,15-16,18H,5-6,12H2,1-4H3. The SMILES string of the molecule is CCNC1CC(OC(C)c2ccccc2)C1(C)CC. The van der Waals surface area contributed by atoms with Crippen molar-refractivity contribution < 1.29 is 4.74 Å². The first-order valence-electron chi connectivity index (χ1n) is 7.55. The highest BCUT2D eigenvalue weighted by Crippen LogP contribution is 2.47. The largest absolute Gasteiger partial charge is 0.370 e. The minimum absolute atomic E-state index is 0.180. The summed E-state index contributed by atoms with van der Waals surface area (Å²) >= 11 is 0. The van der Waals surface area contributed by atoms with Gasteiger partial charge in [-0.25, -0.2) is 0 Å². The molecule has 0 heterocycles. The van der Waals surface area contributed by atoms with Crippen molar-refractivity contribution in [1.29, 1.82) is 0 Å². The Morgan fingerprint density at radius 1 is 1.32 bits per heavy atom. The lowest BCUT2D eigenvalue weighted by molar-refractivity contribution is -0.154. The Morgan fingerprint density at radius 2 is 2.00 bits per heavy atom. The van der Waals surface area contributed by atoms with Gasteiger partial charge in [-0.2, -0.15) is 0 Å². The van der Waals surface area contributed by atoms with E-state index in [4.69, 9.17) is 4.74 Å². The molecule has 0 saturated heterocycles. The van der Waals surface area contributed by atoms with Crippen molar-refractivity contribution in [2.24, 2.45) is 5.41 Å². The lowest BCUT2D eigenvalue weighted by atomic mass is 9.61. The van der Waals surface area contributed by atoms with E-state index in [-0.39, 0.29) is 11.5 Å². The van der Waals surface area contributed by atoms with Crippen LogP contribution in [0.4, 0.5) is 0 Å². The van der Waals surface area contributed by atoms with Crippen LogP contribution in [0.1, 0.15) is 52.2 Å². The predicted octanol–water partition coefficient (Wildman–Crippen LogP) is 3.93. The predicted molar refractivity (Wildman–Crippen MR) is 80.2 cm³/mol. The molecule has 4 unspecified atom stereocenters. The lowest BCUT2D eigenvalue weighted by Gasteiger charge is -2.54. The molecule has 1 aromatic carbocycles. The molecule has 1 aliphatic rings. The zero-order valence-corrected chi connectivity index (χ0v) is 12.6. The van der Waals surface area contributed by atoms with E-state index in [0.29, 0.717) is 12.1 Å². The first-order chi connectivity index (χ1) is 9.11. The number of hydrogen-bond acceptors (Lipinski definition) is 2. The summed E-state index contributed by atoms with van der Waals surface area (Å²) < 4.78 is 6.32. The summed E-state index contributed by atoms with van der Waals surface area (Å²) in [4.78, 5) is 0. The molecule has 0 aliphatic heterocycles. The first-order valence-corrected chi connectivity index (χ1v) is 7.55. The van der Waals surface area contributed by atoms with Gasteiger partial charge in [-0.15, -0.1) is 0 Å². The summed E-state index contributed by atoms with van der Waals surface area (Å²) in [6, 6.07) is 11.1. The maximum absolute atomic E-state index is 6.32. The fraction of sp³-hybridized carbons (Fsp3) is 0.647. The van der Waals surface area contributed by atoms with E-state index in [1.165, 1.54) is 5.56 Å². The van der Waals surface area contributed by atoms with Crippen LogP contribution in [-0.4, -0.2) is 18.7 Å². The molecule has 2 rings (SSSR count). The molecule has 2 nitrogen and oxygen atoms in total. The Kier molecular flexibility index (Phi) is 4.64. The van der Waals surface area contributed by atoms with Crippen LogP contribution in [0.3, 0.4) is 0 Å². The van der Waals surface area contributed by atoms with Crippen LogP contribution in [0.2, 0.25) is 0 Å². The molecule has 1 saturated carbocycles. The Morgan fingerprint density at radius 3 is 2.58 bits per heavy atom. The van der Waals surface area contributed by atoms with Gasteiger partial charge >= 0.3 is 0 Å².